The summed E-state index contributed by atoms with van der Waals surface area (Å²) in [5.41, 5.74) is -0.407. The molecular formula is C18H38N4O4W. The van der Waals surface area contributed by atoms with Crippen LogP contribution >= 0.6 is 0 Å². The predicted molar refractivity (Wildman–Crippen MR) is 105 cm³/mol. The molecule has 0 rings (SSSR count). The third-order valence-electron chi connectivity index (χ3n) is 3.68. The molecular weight excluding hydrogens is 520 g/mol. The fourth-order valence-corrected chi connectivity index (χ4v) is 1.72. The standard InChI is InChI=1S/C14H28N3O2.C3H7NO2.CH3.W/c1-6-14(2,3)13(19)17-10-8-7-9-11(15-4)12(18)16-5;1-3(6)4-2-5;;/h11,15H,1,6-10H2,2-5H3,(H,16,18)(H,17,19);5H,2H2,1H3,(H,4,6);1H3;/q-1;;-1;+2. The third-order valence-corrected chi connectivity index (χ3v) is 3.68. The Balaban J connectivity index is -0.000000286. The quantitative estimate of drug-likeness (QED) is 0.151. The molecule has 160 valence electrons. The minimum atomic E-state index is -0.407. The first-order chi connectivity index (χ1) is 11.7. The zero-order valence-electron chi connectivity index (χ0n) is 17.6. The molecule has 5 N–H and O–H groups in total. The summed E-state index contributed by atoms with van der Waals surface area (Å²) in [6.07, 6.45) is 3.11. The number of amides is 3. The van der Waals surface area contributed by atoms with E-state index < -0.39 is 5.41 Å². The second-order valence-corrected chi connectivity index (χ2v) is 6.23. The van der Waals surface area contributed by atoms with Gasteiger partial charge in [-0.15, -0.1) is 0 Å². The molecule has 0 fully saturated rings. The van der Waals surface area contributed by atoms with Crippen LogP contribution in [-0.4, -0.2) is 56.2 Å². The van der Waals surface area contributed by atoms with E-state index >= 15 is 0 Å². The summed E-state index contributed by atoms with van der Waals surface area (Å²) in [4.78, 5) is 33.0. The molecule has 0 saturated carbocycles. The van der Waals surface area contributed by atoms with Gasteiger partial charge in [-0.05, 0) is 26.3 Å². The minimum Gasteiger partial charge on any atom is -0.377 e. The molecule has 0 aliphatic heterocycles. The van der Waals surface area contributed by atoms with E-state index in [4.69, 9.17) is 5.11 Å². The van der Waals surface area contributed by atoms with Crippen molar-refractivity contribution in [3.8, 4) is 0 Å². The fraction of sp³-hybridized carbons (Fsp3) is 0.722. The first-order valence-electron chi connectivity index (χ1n) is 8.47. The molecule has 0 aromatic rings. The van der Waals surface area contributed by atoms with E-state index in [0.717, 1.165) is 19.3 Å². The number of aliphatic hydroxyl groups excluding tert-OH is 1. The van der Waals surface area contributed by atoms with Gasteiger partial charge >= 0.3 is 21.1 Å². The Kier molecular flexibility index (Phi) is 24.6. The maximum absolute atomic E-state index is 11.8. The monoisotopic (exact) mass is 558 g/mol. The summed E-state index contributed by atoms with van der Waals surface area (Å²) in [5.74, 6) is -0.166. The fourth-order valence-electron chi connectivity index (χ4n) is 1.72. The van der Waals surface area contributed by atoms with Crippen LogP contribution in [0.5, 0.6) is 0 Å². The second kappa shape index (κ2) is 19.8. The smallest absolute Gasteiger partial charge is 0.377 e. The van der Waals surface area contributed by atoms with Crippen molar-refractivity contribution in [1.29, 1.82) is 0 Å². The van der Waals surface area contributed by atoms with Crippen LogP contribution < -0.4 is 21.3 Å². The largest absolute Gasteiger partial charge is 2.00 e. The number of hydrogen-bond donors (Lipinski definition) is 5. The normalized spacial score (nSPS) is 10.8. The van der Waals surface area contributed by atoms with Crippen LogP contribution in [0.2, 0.25) is 0 Å². The van der Waals surface area contributed by atoms with E-state index in [1.54, 1.807) is 14.1 Å². The molecule has 27 heavy (non-hydrogen) atoms. The zero-order valence-corrected chi connectivity index (χ0v) is 20.5. The van der Waals surface area contributed by atoms with E-state index in [1.807, 2.05) is 13.8 Å². The van der Waals surface area contributed by atoms with Gasteiger partial charge in [0.15, 0.2) is 0 Å². The van der Waals surface area contributed by atoms with Crippen molar-refractivity contribution >= 4 is 17.7 Å². The van der Waals surface area contributed by atoms with Gasteiger partial charge in [0.25, 0.3) is 0 Å². The maximum Gasteiger partial charge on any atom is 2.00 e. The maximum atomic E-state index is 11.8. The number of hydrogen-bond acceptors (Lipinski definition) is 5. The first-order valence-corrected chi connectivity index (χ1v) is 8.47. The molecule has 3 amide bonds. The Morgan fingerprint density at radius 3 is 2.00 bits per heavy atom. The van der Waals surface area contributed by atoms with Crippen molar-refractivity contribution in [3.05, 3.63) is 14.4 Å². The van der Waals surface area contributed by atoms with Crippen molar-refractivity contribution < 1.29 is 40.6 Å². The minimum absolute atomic E-state index is 0. The molecule has 0 aliphatic rings. The van der Waals surface area contributed by atoms with Gasteiger partial charge in [0.2, 0.25) is 17.7 Å². The van der Waals surface area contributed by atoms with Gasteiger partial charge < -0.3 is 40.7 Å². The van der Waals surface area contributed by atoms with Crippen molar-refractivity contribution in [2.24, 2.45) is 5.41 Å². The van der Waals surface area contributed by atoms with Crippen LogP contribution in [0.3, 0.4) is 0 Å². The van der Waals surface area contributed by atoms with E-state index in [1.165, 1.54) is 6.92 Å². The molecule has 0 spiro atoms. The molecule has 0 aliphatic carbocycles. The number of nitrogens with one attached hydrogen (secondary N) is 4. The van der Waals surface area contributed by atoms with Crippen LogP contribution in [0.15, 0.2) is 0 Å². The number of rotatable bonds is 10. The summed E-state index contributed by atoms with van der Waals surface area (Å²) >= 11 is 0. The summed E-state index contributed by atoms with van der Waals surface area (Å²) in [6, 6.07) is -0.156. The average molecular weight is 558 g/mol. The van der Waals surface area contributed by atoms with Crippen LogP contribution in [0.1, 0.15) is 46.5 Å². The molecule has 1 atom stereocenters. The van der Waals surface area contributed by atoms with Gasteiger partial charge in [0, 0.05) is 25.9 Å². The van der Waals surface area contributed by atoms with Gasteiger partial charge in [-0.25, -0.2) is 0 Å². The molecule has 1 unspecified atom stereocenters. The average Bonchev–Trinajstić information content (AvgIpc) is 2.57. The van der Waals surface area contributed by atoms with Gasteiger partial charge in [-0.2, -0.15) is 6.42 Å². The van der Waals surface area contributed by atoms with Gasteiger partial charge in [-0.3, -0.25) is 14.4 Å². The van der Waals surface area contributed by atoms with Crippen molar-refractivity contribution in [1.82, 2.24) is 21.3 Å². The Morgan fingerprint density at radius 2 is 1.67 bits per heavy atom. The molecule has 0 radical (unpaired) electrons. The van der Waals surface area contributed by atoms with Crippen LogP contribution in [0.4, 0.5) is 0 Å². The predicted octanol–water partition coefficient (Wildman–Crippen LogP) is 0.377. The summed E-state index contributed by atoms with van der Waals surface area (Å²) < 4.78 is 0. The van der Waals surface area contributed by atoms with E-state index in [0.29, 0.717) is 13.0 Å². The zero-order chi connectivity index (χ0) is 19.9. The first kappa shape index (κ1) is 33.6. The Hall–Kier alpha value is -0.982. The molecule has 0 bridgehead atoms. The van der Waals surface area contributed by atoms with E-state index in [9.17, 15) is 14.4 Å². The number of carbonyl (C=O) groups excluding carboxylic acids is 3. The summed E-state index contributed by atoms with van der Waals surface area (Å²) in [5, 5.41) is 18.5. The summed E-state index contributed by atoms with van der Waals surface area (Å²) in [7, 11) is 3.41. The molecule has 0 aromatic heterocycles. The number of unbranched alkanes of at least 4 members (excludes halogenated alkanes) is 1. The number of carbonyl (C=O) groups is 3. The van der Waals surface area contributed by atoms with Crippen LogP contribution in [-0.2, 0) is 35.4 Å². The molecule has 0 aromatic carbocycles. The Morgan fingerprint density at radius 1 is 1.11 bits per heavy atom. The molecule has 0 saturated heterocycles. The molecule has 9 heteroatoms. The van der Waals surface area contributed by atoms with Crippen molar-refractivity contribution in [3.63, 3.8) is 0 Å². The SMILES string of the molecule is CC(=O)NCO.[CH2-]CC(C)(C)C(=O)NCCCCC(NC)C(=O)NC.[CH3-].[W+2]. The van der Waals surface area contributed by atoms with Gasteiger partial charge in [0.1, 0.15) is 6.73 Å². The van der Waals surface area contributed by atoms with Crippen LogP contribution in [0, 0.1) is 19.8 Å². The van der Waals surface area contributed by atoms with Crippen molar-refractivity contribution in [2.75, 3.05) is 27.4 Å². The second-order valence-electron chi connectivity index (χ2n) is 6.23. The number of likely N-dealkylation sites (N-methyl/N-ethyl adjacent to an activating group) is 2. The molecule has 8 nitrogen and oxygen atoms in total. The Bertz CT molecular complexity index is 407. The summed E-state index contributed by atoms with van der Waals surface area (Å²) in [6.45, 7) is 9.27. The Labute approximate surface area is 179 Å². The van der Waals surface area contributed by atoms with Gasteiger partial charge in [-0.1, -0.05) is 13.8 Å². The van der Waals surface area contributed by atoms with E-state index in [-0.39, 0.29) is 59.0 Å². The van der Waals surface area contributed by atoms with Gasteiger partial charge in [0.05, 0.1) is 6.04 Å². The molecule has 0 heterocycles. The van der Waals surface area contributed by atoms with Crippen molar-refractivity contribution in [2.45, 2.75) is 52.5 Å². The topological polar surface area (TPSA) is 120 Å². The third kappa shape index (κ3) is 18.2. The number of aliphatic hydroxyl groups is 1. The van der Waals surface area contributed by atoms with Crippen LogP contribution in [0.25, 0.3) is 0 Å². The van der Waals surface area contributed by atoms with E-state index in [2.05, 4.69) is 28.2 Å².